The second kappa shape index (κ2) is 7.72. The summed E-state index contributed by atoms with van der Waals surface area (Å²) >= 11 is 3.33. The number of thiophene rings is 1. The van der Waals surface area contributed by atoms with Crippen LogP contribution in [0.1, 0.15) is 11.3 Å². The van der Waals surface area contributed by atoms with E-state index in [4.69, 9.17) is 4.42 Å². The number of rotatable bonds is 5. The van der Waals surface area contributed by atoms with Crippen LogP contribution in [0.4, 0.5) is 0 Å². The molecule has 5 nitrogen and oxygen atoms in total. The molecular weight excluding hydrogens is 364 g/mol. The van der Waals surface area contributed by atoms with Crippen LogP contribution in [0.15, 0.2) is 62.6 Å². The number of furan rings is 1. The van der Waals surface area contributed by atoms with Crippen LogP contribution >= 0.6 is 22.7 Å². The summed E-state index contributed by atoms with van der Waals surface area (Å²) in [7, 11) is 1.76. The van der Waals surface area contributed by atoms with Crippen LogP contribution in [0.5, 0.6) is 0 Å². The molecule has 0 amide bonds. The molecule has 132 valence electrons. The van der Waals surface area contributed by atoms with Gasteiger partial charge in [0.05, 0.1) is 16.8 Å². The predicted octanol–water partition coefficient (Wildman–Crippen LogP) is 4.48. The molecule has 4 aromatic rings. The van der Waals surface area contributed by atoms with Gasteiger partial charge in [-0.1, -0.05) is 12.1 Å². The highest BCUT2D eigenvalue weighted by Gasteiger charge is 2.10. The van der Waals surface area contributed by atoms with Gasteiger partial charge in [-0.05, 0) is 46.7 Å². The first-order chi connectivity index (χ1) is 12.8. The number of para-hydroxylation sites is 1. The van der Waals surface area contributed by atoms with Crippen molar-refractivity contribution in [1.82, 2.24) is 15.6 Å². The second-order valence-corrected chi connectivity index (χ2v) is 7.47. The molecule has 0 unspecified atom stereocenters. The van der Waals surface area contributed by atoms with E-state index in [0.29, 0.717) is 6.54 Å². The fourth-order valence-electron chi connectivity index (χ4n) is 2.54. The van der Waals surface area contributed by atoms with Crippen molar-refractivity contribution >= 4 is 38.8 Å². The number of thiazole rings is 1. The molecule has 0 aliphatic rings. The van der Waals surface area contributed by atoms with Crippen molar-refractivity contribution in [2.75, 3.05) is 7.05 Å². The van der Waals surface area contributed by atoms with Crippen molar-refractivity contribution in [1.29, 1.82) is 0 Å². The van der Waals surface area contributed by atoms with Crippen molar-refractivity contribution in [3.8, 4) is 10.8 Å². The maximum Gasteiger partial charge on any atom is 0.191 e. The lowest BCUT2D eigenvalue weighted by molar-refractivity contribution is 0.513. The van der Waals surface area contributed by atoms with Gasteiger partial charge in [-0.2, -0.15) is 11.3 Å². The van der Waals surface area contributed by atoms with Crippen molar-refractivity contribution in [2.24, 2.45) is 4.99 Å². The third kappa shape index (κ3) is 3.79. The highest BCUT2D eigenvalue weighted by atomic mass is 32.1. The number of benzene rings is 1. The molecule has 7 heteroatoms. The van der Waals surface area contributed by atoms with Crippen LogP contribution in [-0.4, -0.2) is 18.0 Å². The van der Waals surface area contributed by atoms with E-state index in [1.807, 2.05) is 30.3 Å². The molecule has 0 aliphatic carbocycles. The van der Waals surface area contributed by atoms with Crippen LogP contribution in [0.3, 0.4) is 0 Å². The standard InChI is InChI=1S/C19H18N4OS2/c1-20-19(21-10-13-8-9-25-12-13)22-11-14-6-7-16(24-14)18-23-15-4-2-3-5-17(15)26-18/h2-9,12H,10-11H2,1H3,(H2,20,21,22). The Labute approximate surface area is 159 Å². The van der Waals surface area contributed by atoms with E-state index in [-0.39, 0.29) is 0 Å². The topological polar surface area (TPSA) is 62.5 Å². The smallest absolute Gasteiger partial charge is 0.191 e. The number of aliphatic imine (C=N–C) groups is 1. The molecule has 0 bridgehead atoms. The van der Waals surface area contributed by atoms with Crippen LogP contribution in [0.25, 0.3) is 21.0 Å². The first kappa shape index (κ1) is 16.8. The minimum Gasteiger partial charge on any atom is -0.457 e. The number of aromatic nitrogens is 1. The van der Waals surface area contributed by atoms with Crippen LogP contribution in [-0.2, 0) is 13.1 Å². The molecule has 0 radical (unpaired) electrons. The first-order valence-corrected chi connectivity index (χ1v) is 9.98. The summed E-state index contributed by atoms with van der Waals surface area (Å²) < 4.78 is 7.11. The average Bonchev–Trinajstić information content (AvgIpc) is 3.41. The summed E-state index contributed by atoms with van der Waals surface area (Å²) in [5.74, 6) is 2.39. The Morgan fingerprint density at radius 1 is 1.12 bits per heavy atom. The number of nitrogens with one attached hydrogen (secondary N) is 2. The Bertz CT molecular complexity index is 984. The number of hydrogen-bond acceptors (Lipinski definition) is 5. The quantitative estimate of drug-likeness (QED) is 0.394. The summed E-state index contributed by atoms with van der Waals surface area (Å²) in [5, 5.41) is 11.7. The lowest BCUT2D eigenvalue weighted by Crippen LogP contribution is -2.36. The molecule has 0 spiro atoms. The van der Waals surface area contributed by atoms with Crippen LogP contribution < -0.4 is 10.6 Å². The zero-order chi connectivity index (χ0) is 17.8. The molecule has 0 saturated carbocycles. The summed E-state index contributed by atoms with van der Waals surface area (Å²) in [4.78, 5) is 8.88. The van der Waals surface area contributed by atoms with Gasteiger partial charge in [0, 0.05) is 13.6 Å². The Kier molecular flexibility index (Phi) is 4.99. The molecular formula is C19H18N4OS2. The third-order valence-electron chi connectivity index (χ3n) is 3.86. The summed E-state index contributed by atoms with van der Waals surface area (Å²) in [6.07, 6.45) is 0. The van der Waals surface area contributed by atoms with Gasteiger partial charge in [0.25, 0.3) is 0 Å². The SMILES string of the molecule is CN=C(NCc1ccsc1)NCc1ccc(-c2nc3ccccc3s2)o1. The van der Waals surface area contributed by atoms with Gasteiger partial charge >= 0.3 is 0 Å². The maximum absolute atomic E-state index is 5.95. The monoisotopic (exact) mass is 382 g/mol. The minimum absolute atomic E-state index is 0.564. The molecule has 26 heavy (non-hydrogen) atoms. The van der Waals surface area contributed by atoms with Gasteiger partial charge < -0.3 is 15.1 Å². The molecule has 0 fully saturated rings. The maximum atomic E-state index is 5.95. The predicted molar refractivity (Wildman–Crippen MR) is 109 cm³/mol. The summed E-state index contributed by atoms with van der Waals surface area (Å²) in [6, 6.07) is 14.2. The van der Waals surface area contributed by atoms with Gasteiger partial charge in [0.15, 0.2) is 16.7 Å². The van der Waals surface area contributed by atoms with E-state index in [1.54, 1.807) is 29.7 Å². The first-order valence-electron chi connectivity index (χ1n) is 8.22. The average molecular weight is 383 g/mol. The van der Waals surface area contributed by atoms with E-state index >= 15 is 0 Å². The molecule has 1 aromatic carbocycles. The largest absolute Gasteiger partial charge is 0.457 e. The highest BCUT2D eigenvalue weighted by molar-refractivity contribution is 7.21. The van der Waals surface area contributed by atoms with Crippen molar-refractivity contribution in [2.45, 2.75) is 13.1 Å². The molecule has 0 aliphatic heterocycles. The Hall–Kier alpha value is -2.64. The van der Waals surface area contributed by atoms with Gasteiger partial charge in [0.2, 0.25) is 0 Å². The van der Waals surface area contributed by atoms with Crippen LogP contribution in [0.2, 0.25) is 0 Å². The third-order valence-corrected chi connectivity index (χ3v) is 5.64. The van der Waals surface area contributed by atoms with E-state index in [1.165, 1.54) is 5.56 Å². The lowest BCUT2D eigenvalue weighted by atomic mass is 10.3. The minimum atomic E-state index is 0.564. The van der Waals surface area contributed by atoms with Crippen molar-refractivity contribution in [3.05, 3.63) is 64.5 Å². The number of guanidine groups is 1. The molecule has 3 heterocycles. The highest BCUT2D eigenvalue weighted by Crippen LogP contribution is 2.31. The second-order valence-electron chi connectivity index (χ2n) is 5.66. The summed E-state index contributed by atoms with van der Waals surface area (Å²) in [6.45, 7) is 1.31. The van der Waals surface area contributed by atoms with Gasteiger partial charge in [0.1, 0.15) is 5.76 Å². The zero-order valence-corrected chi connectivity index (χ0v) is 15.9. The van der Waals surface area contributed by atoms with E-state index in [0.717, 1.165) is 39.2 Å². The zero-order valence-electron chi connectivity index (χ0n) is 14.2. The fraction of sp³-hybridized carbons (Fsp3) is 0.158. The van der Waals surface area contributed by atoms with Gasteiger partial charge in [-0.25, -0.2) is 4.98 Å². The van der Waals surface area contributed by atoms with E-state index in [9.17, 15) is 0 Å². The molecule has 0 saturated heterocycles. The van der Waals surface area contributed by atoms with Crippen LogP contribution in [0, 0.1) is 0 Å². The van der Waals surface area contributed by atoms with E-state index < -0.39 is 0 Å². The van der Waals surface area contributed by atoms with Gasteiger partial charge in [-0.3, -0.25) is 4.99 Å². The lowest BCUT2D eigenvalue weighted by Gasteiger charge is -2.10. The normalized spacial score (nSPS) is 11.8. The number of nitrogens with zero attached hydrogens (tertiary/aromatic N) is 2. The van der Waals surface area contributed by atoms with Gasteiger partial charge in [-0.15, -0.1) is 11.3 Å². The van der Waals surface area contributed by atoms with Crippen molar-refractivity contribution in [3.63, 3.8) is 0 Å². The number of fused-ring (bicyclic) bond motifs is 1. The Morgan fingerprint density at radius 3 is 2.81 bits per heavy atom. The number of hydrogen-bond donors (Lipinski definition) is 2. The molecule has 0 atom stereocenters. The fourth-order valence-corrected chi connectivity index (χ4v) is 4.13. The Balaban J connectivity index is 1.38. The molecule has 2 N–H and O–H groups in total. The molecule has 3 aromatic heterocycles. The molecule has 4 rings (SSSR count). The van der Waals surface area contributed by atoms with E-state index in [2.05, 4.69) is 43.5 Å². The summed E-state index contributed by atoms with van der Waals surface area (Å²) in [5.41, 5.74) is 2.25. The Morgan fingerprint density at radius 2 is 2.00 bits per heavy atom. The van der Waals surface area contributed by atoms with Crippen molar-refractivity contribution < 1.29 is 4.42 Å².